The van der Waals surface area contributed by atoms with Crippen molar-refractivity contribution in [1.29, 1.82) is 0 Å². The van der Waals surface area contributed by atoms with E-state index in [9.17, 15) is 4.79 Å². The molecule has 0 saturated carbocycles. The van der Waals surface area contributed by atoms with Crippen molar-refractivity contribution in [2.24, 2.45) is 0 Å². The summed E-state index contributed by atoms with van der Waals surface area (Å²) in [6.07, 6.45) is 1.36. The van der Waals surface area contributed by atoms with Gasteiger partial charge in [0.1, 0.15) is 8.07 Å². The van der Waals surface area contributed by atoms with Gasteiger partial charge in [-0.15, -0.1) is 5.54 Å². The minimum absolute atomic E-state index is 0.391. The minimum Gasteiger partial charge on any atom is -0.452 e. The molecule has 2 rings (SSSR count). The first-order chi connectivity index (χ1) is 8.92. The Morgan fingerprint density at radius 1 is 1.26 bits per heavy atom. The molecule has 3 nitrogen and oxygen atoms in total. The number of ether oxygens (including phenoxy) is 1. The number of carbonyl (C=O) groups is 1. The maximum atomic E-state index is 11.7. The standard InChI is InChI=1S/C15H17NO2Si/c1-18-15(17)16-11-12(9-10-19(2,3)4)13-7-5-6-8-14(13)16/h5-8,11H,1-4H3. The number of aromatic nitrogens is 1. The number of nitrogens with zero attached hydrogens (tertiary/aromatic N) is 1. The molecule has 0 aliphatic carbocycles. The highest BCUT2D eigenvalue weighted by molar-refractivity contribution is 6.83. The maximum absolute atomic E-state index is 11.7. The molecule has 0 fully saturated rings. The molecule has 0 radical (unpaired) electrons. The predicted octanol–water partition coefficient (Wildman–Crippen LogP) is 3.48. The lowest BCUT2D eigenvalue weighted by atomic mass is 10.2. The van der Waals surface area contributed by atoms with Crippen molar-refractivity contribution in [1.82, 2.24) is 4.57 Å². The number of fused-ring (bicyclic) bond motifs is 1. The van der Waals surface area contributed by atoms with Crippen LogP contribution in [-0.2, 0) is 4.74 Å². The number of rotatable bonds is 0. The van der Waals surface area contributed by atoms with Gasteiger partial charge in [-0.2, -0.15) is 0 Å². The van der Waals surface area contributed by atoms with E-state index in [2.05, 4.69) is 31.1 Å². The van der Waals surface area contributed by atoms with Gasteiger partial charge in [0.05, 0.1) is 18.2 Å². The molecular weight excluding hydrogens is 254 g/mol. The zero-order chi connectivity index (χ0) is 14.0. The van der Waals surface area contributed by atoms with Crippen molar-refractivity contribution < 1.29 is 9.53 Å². The fraction of sp³-hybridized carbons (Fsp3) is 0.267. The highest BCUT2D eigenvalue weighted by Crippen LogP contribution is 2.21. The Balaban J connectivity index is 2.62. The molecule has 1 heterocycles. The topological polar surface area (TPSA) is 31.2 Å². The Bertz CT molecular complexity index is 683. The van der Waals surface area contributed by atoms with E-state index in [0.717, 1.165) is 16.5 Å². The number of methoxy groups -OCH3 is 1. The third kappa shape index (κ3) is 2.88. The van der Waals surface area contributed by atoms with Gasteiger partial charge in [-0.05, 0) is 6.07 Å². The van der Waals surface area contributed by atoms with Crippen molar-refractivity contribution in [3.05, 3.63) is 36.0 Å². The van der Waals surface area contributed by atoms with Crippen molar-refractivity contribution in [3.8, 4) is 11.5 Å². The van der Waals surface area contributed by atoms with Gasteiger partial charge >= 0.3 is 6.09 Å². The van der Waals surface area contributed by atoms with E-state index in [1.54, 1.807) is 6.20 Å². The molecule has 0 unspecified atom stereocenters. The molecule has 0 aliphatic rings. The van der Waals surface area contributed by atoms with Crippen LogP contribution in [0.2, 0.25) is 19.6 Å². The zero-order valence-electron chi connectivity index (χ0n) is 11.7. The first-order valence-electron chi connectivity index (χ1n) is 6.14. The summed E-state index contributed by atoms with van der Waals surface area (Å²) in [6, 6.07) is 7.72. The van der Waals surface area contributed by atoms with Crippen molar-refractivity contribution in [2.45, 2.75) is 19.6 Å². The lowest BCUT2D eigenvalue weighted by molar-refractivity contribution is 0.174. The molecule has 1 aromatic heterocycles. The zero-order valence-corrected chi connectivity index (χ0v) is 12.7. The Morgan fingerprint density at radius 3 is 2.58 bits per heavy atom. The van der Waals surface area contributed by atoms with Gasteiger partial charge in [-0.25, -0.2) is 4.79 Å². The van der Waals surface area contributed by atoms with Crippen LogP contribution < -0.4 is 0 Å². The van der Waals surface area contributed by atoms with Gasteiger partial charge in [-0.1, -0.05) is 43.8 Å². The molecular formula is C15H17NO2Si. The second-order valence-corrected chi connectivity index (χ2v) is 10.1. The van der Waals surface area contributed by atoms with Crippen LogP contribution in [0.1, 0.15) is 5.56 Å². The third-order valence-electron chi connectivity index (χ3n) is 2.66. The summed E-state index contributed by atoms with van der Waals surface area (Å²) in [7, 11) is -0.0607. The number of hydrogen-bond donors (Lipinski definition) is 0. The smallest absolute Gasteiger partial charge is 0.418 e. The van der Waals surface area contributed by atoms with Crippen molar-refractivity contribution >= 4 is 25.1 Å². The van der Waals surface area contributed by atoms with E-state index in [4.69, 9.17) is 4.74 Å². The molecule has 0 N–H and O–H groups in total. The van der Waals surface area contributed by atoms with Crippen molar-refractivity contribution in [3.63, 3.8) is 0 Å². The first kappa shape index (κ1) is 13.4. The van der Waals surface area contributed by atoms with Gasteiger partial charge in [0.2, 0.25) is 0 Å². The summed E-state index contributed by atoms with van der Waals surface area (Å²) in [5, 5.41) is 0.985. The summed E-state index contributed by atoms with van der Waals surface area (Å²) in [5.74, 6) is 3.21. The Labute approximate surface area is 114 Å². The molecule has 0 aliphatic heterocycles. The van der Waals surface area contributed by atoms with Crippen LogP contribution in [-0.4, -0.2) is 25.8 Å². The molecule has 1 aromatic carbocycles. The van der Waals surface area contributed by atoms with E-state index in [-0.39, 0.29) is 0 Å². The second-order valence-electron chi connectivity index (χ2n) is 5.40. The SMILES string of the molecule is COC(=O)n1cc(C#C[Si](C)(C)C)c2ccccc21. The van der Waals surface area contributed by atoms with Gasteiger partial charge in [-0.3, -0.25) is 4.57 Å². The Hall–Kier alpha value is -1.99. The monoisotopic (exact) mass is 271 g/mol. The highest BCUT2D eigenvalue weighted by atomic mass is 28.3. The van der Waals surface area contributed by atoms with Crippen LogP contribution in [0.5, 0.6) is 0 Å². The van der Waals surface area contributed by atoms with Gasteiger partial charge < -0.3 is 4.74 Å². The molecule has 0 saturated heterocycles. The predicted molar refractivity (Wildman–Crippen MR) is 80.0 cm³/mol. The molecule has 98 valence electrons. The molecule has 0 bridgehead atoms. The van der Waals surface area contributed by atoms with Gasteiger partial charge in [0.15, 0.2) is 0 Å². The van der Waals surface area contributed by atoms with E-state index in [1.807, 2.05) is 24.3 Å². The summed E-state index contributed by atoms with van der Waals surface area (Å²) >= 11 is 0. The summed E-state index contributed by atoms with van der Waals surface area (Å²) < 4.78 is 6.29. The minimum atomic E-state index is -1.44. The quantitative estimate of drug-likeness (QED) is 0.542. The fourth-order valence-corrected chi connectivity index (χ4v) is 2.29. The molecule has 0 amide bonds. The van der Waals surface area contributed by atoms with Gasteiger partial charge in [0.25, 0.3) is 0 Å². The second kappa shape index (κ2) is 4.94. The number of hydrogen-bond acceptors (Lipinski definition) is 2. The van der Waals surface area contributed by atoms with E-state index in [1.165, 1.54) is 11.7 Å². The highest BCUT2D eigenvalue weighted by Gasteiger charge is 2.13. The van der Waals surface area contributed by atoms with Crippen LogP contribution in [0, 0.1) is 11.5 Å². The van der Waals surface area contributed by atoms with E-state index in [0.29, 0.717) is 0 Å². The summed E-state index contributed by atoms with van der Waals surface area (Å²) in [6.45, 7) is 6.58. The molecule has 2 aromatic rings. The van der Waals surface area contributed by atoms with E-state index >= 15 is 0 Å². The van der Waals surface area contributed by atoms with Crippen LogP contribution in [0.25, 0.3) is 10.9 Å². The number of benzene rings is 1. The maximum Gasteiger partial charge on any atom is 0.418 e. The average molecular weight is 271 g/mol. The van der Waals surface area contributed by atoms with Crippen LogP contribution >= 0.6 is 0 Å². The lowest BCUT2D eigenvalue weighted by Gasteiger charge is -2.02. The van der Waals surface area contributed by atoms with Crippen LogP contribution in [0.4, 0.5) is 4.79 Å². The number of carbonyl (C=O) groups excluding carboxylic acids is 1. The van der Waals surface area contributed by atoms with E-state index < -0.39 is 14.2 Å². The molecule has 0 spiro atoms. The Kier molecular flexibility index (Phi) is 3.50. The molecule has 4 heteroatoms. The number of para-hydroxylation sites is 1. The normalized spacial score (nSPS) is 10.9. The average Bonchev–Trinajstić information content (AvgIpc) is 2.74. The van der Waals surface area contributed by atoms with Crippen molar-refractivity contribution in [2.75, 3.05) is 7.11 Å². The molecule has 19 heavy (non-hydrogen) atoms. The largest absolute Gasteiger partial charge is 0.452 e. The van der Waals surface area contributed by atoms with Gasteiger partial charge in [0, 0.05) is 11.6 Å². The first-order valence-corrected chi connectivity index (χ1v) is 9.64. The van der Waals surface area contributed by atoms with Crippen LogP contribution in [0.15, 0.2) is 30.5 Å². The third-order valence-corrected chi connectivity index (χ3v) is 3.53. The Morgan fingerprint density at radius 2 is 1.95 bits per heavy atom. The lowest BCUT2D eigenvalue weighted by Crippen LogP contribution is -2.16. The fourth-order valence-electron chi connectivity index (χ4n) is 1.78. The van der Waals surface area contributed by atoms with Crippen LogP contribution in [0.3, 0.4) is 0 Å². The summed E-state index contributed by atoms with van der Waals surface area (Å²) in [5.41, 5.74) is 5.03. The molecule has 0 atom stereocenters. The summed E-state index contributed by atoms with van der Waals surface area (Å²) in [4.78, 5) is 11.7.